The summed E-state index contributed by atoms with van der Waals surface area (Å²) in [6.07, 6.45) is 0.851. The van der Waals surface area contributed by atoms with Gasteiger partial charge in [0.1, 0.15) is 0 Å². The van der Waals surface area contributed by atoms with Crippen molar-refractivity contribution >= 4 is 33.9 Å². The molecule has 0 aliphatic heterocycles. The van der Waals surface area contributed by atoms with E-state index in [0.717, 1.165) is 16.9 Å². The molecule has 2 aromatic heterocycles. The Morgan fingerprint density at radius 1 is 1.14 bits per heavy atom. The Kier molecular flexibility index (Phi) is 6.12. The SMILES string of the molecule is CCc1sc(C(=O)NNC(=O)c2nn(CC(C)C)c(=O)c3ccccc23)cc1C. The minimum Gasteiger partial charge on any atom is -0.267 e. The Morgan fingerprint density at radius 3 is 2.41 bits per heavy atom. The molecule has 0 saturated heterocycles. The number of carbonyl (C=O) groups is 2. The number of aromatic nitrogens is 2. The molecule has 0 aliphatic carbocycles. The largest absolute Gasteiger partial charge is 0.290 e. The number of amides is 2. The molecule has 29 heavy (non-hydrogen) atoms. The Morgan fingerprint density at radius 2 is 1.79 bits per heavy atom. The molecule has 3 aromatic rings. The van der Waals surface area contributed by atoms with Crippen LogP contribution in [0.25, 0.3) is 10.8 Å². The lowest BCUT2D eigenvalue weighted by Crippen LogP contribution is -2.42. The summed E-state index contributed by atoms with van der Waals surface area (Å²) in [5.41, 5.74) is 5.79. The van der Waals surface area contributed by atoms with Gasteiger partial charge in [-0.3, -0.25) is 25.2 Å². The molecule has 0 atom stereocenters. The first-order valence-electron chi connectivity index (χ1n) is 9.51. The summed E-state index contributed by atoms with van der Waals surface area (Å²) >= 11 is 1.40. The highest BCUT2D eigenvalue weighted by Gasteiger charge is 2.18. The zero-order valence-electron chi connectivity index (χ0n) is 16.9. The van der Waals surface area contributed by atoms with Gasteiger partial charge < -0.3 is 0 Å². The number of carbonyl (C=O) groups excluding carboxylic acids is 2. The normalized spacial score (nSPS) is 11.1. The van der Waals surface area contributed by atoms with E-state index in [1.807, 2.05) is 27.7 Å². The molecule has 7 nitrogen and oxygen atoms in total. The fourth-order valence-electron chi connectivity index (χ4n) is 3.09. The second-order valence-electron chi connectivity index (χ2n) is 7.25. The standard InChI is InChI=1S/C21H24N4O3S/c1-5-16-13(4)10-17(29-16)19(26)22-23-20(27)18-14-8-6-7-9-15(14)21(28)25(24-18)11-12(2)3/h6-10,12H,5,11H2,1-4H3,(H,22,26)(H,23,27). The van der Waals surface area contributed by atoms with Gasteiger partial charge >= 0.3 is 0 Å². The first-order chi connectivity index (χ1) is 13.8. The van der Waals surface area contributed by atoms with E-state index >= 15 is 0 Å². The van der Waals surface area contributed by atoms with Gasteiger partial charge in [-0.25, -0.2) is 4.68 Å². The van der Waals surface area contributed by atoms with Crippen LogP contribution in [-0.2, 0) is 13.0 Å². The maximum Gasteiger partial charge on any atom is 0.290 e. The molecule has 152 valence electrons. The highest BCUT2D eigenvalue weighted by Crippen LogP contribution is 2.22. The van der Waals surface area contributed by atoms with Gasteiger partial charge in [-0.05, 0) is 37.0 Å². The number of hydrogen-bond donors (Lipinski definition) is 2. The predicted molar refractivity (Wildman–Crippen MR) is 114 cm³/mol. The number of nitrogens with one attached hydrogen (secondary N) is 2. The number of hydrogen-bond acceptors (Lipinski definition) is 5. The molecular weight excluding hydrogens is 388 g/mol. The average molecular weight is 413 g/mol. The predicted octanol–water partition coefficient (Wildman–Crippen LogP) is 3.06. The topological polar surface area (TPSA) is 93.1 Å². The zero-order valence-corrected chi connectivity index (χ0v) is 17.7. The monoisotopic (exact) mass is 412 g/mol. The Hall–Kier alpha value is -3.00. The van der Waals surface area contributed by atoms with E-state index in [4.69, 9.17) is 0 Å². The van der Waals surface area contributed by atoms with Gasteiger partial charge in [0.15, 0.2) is 5.69 Å². The number of hydrazine groups is 1. The Balaban J connectivity index is 1.87. The lowest BCUT2D eigenvalue weighted by molar-refractivity contribution is 0.0845. The van der Waals surface area contributed by atoms with Crippen molar-refractivity contribution in [2.75, 3.05) is 0 Å². The molecule has 0 unspecified atom stereocenters. The summed E-state index contributed by atoms with van der Waals surface area (Å²) in [5, 5.41) is 5.13. The van der Waals surface area contributed by atoms with E-state index in [-0.39, 0.29) is 23.1 Å². The van der Waals surface area contributed by atoms with Crippen LogP contribution in [0.15, 0.2) is 35.1 Å². The second kappa shape index (κ2) is 8.57. The van der Waals surface area contributed by atoms with Gasteiger partial charge in [0, 0.05) is 16.8 Å². The third-order valence-electron chi connectivity index (χ3n) is 4.48. The smallest absolute Gasteiger partial charge is 0.267 e. The second-order valence-corrected chi connectivity index (χ2v) is 8.39. The van der Waals surface area contributed by atoms with Crippen LogP contribution >= 0.6 is 11.3 Å². The van der Waals surface area contributed by atoms with Gasteiger partial charge in [-0.2, -0.15) is 5.10 Å². The van der Waals surface area contributed by atoms with Gasteiger partial charge in [0.05, 0.1) is 10.3 Å². The van der Waals surface area contributed by atoms with Crippen molar-refractivity contribution in [2.45, 2.75) is 40.7 Å². The van der Waals surface area contributed by atoms with E-state index in [9.17, 15) is 14.4 Å². The number of nitrogens with zero attached hydrogens (tertiary/aromatic N) is 2. The van der Waals surface area contributed by atoms with E-state index in [1.165, 1.54) is 16.0 Å². The molecule has 0 bridgehead atoms. The maximum atomic E-state index is 12.8. The van der Waals surface area contributed by atoms with E-state index < -0.39 is 5.91 Å². The van der Waals surface area contributed by atoms with Crippen molar-refractivity contribution in [3.63, 3.8) is 0 Å². The first kappa shape index (κ1) is 20.7. The van der Waals surface area contributed by atoms with Gasteiger partial charge in [-0.1, -0.05) is 39.0 Å². The highest BCUT2D eigenvalue weighted by molar-refractivity contribution is 7.14. The van der Waals surface area contributed by atoms with Crippen molar-refractivity contribution in [1.29, 1.82) is 0 Å². The fourth-order valence-corrected chi connectivity index (χ4v) is 4.10. The molecule has 3 rings (SSSR count). The number of benzene rings is 1. The van der Waals surface area contributed by atoms with Gasteiger partial charge in [-0.15, -0.1) is 11.3 Å². The van der Waals surface area contributed by atoms with Crippen molar-refractivity contribution in [3.8, 4) is 0 Å². The van der Waals surface area contributed by atoms with Crippen LogP contribution in [0.1, 0.15) is 51.4 Å². The molecule has 2 amide bonds. The van der Waals surface area contributed by atoms with E-state index in [1.54, 1.807) is 30.3 Å². The van der Waals surface area contributed by atoms with Crippen LogP contribution in [0.3, 0.4) is 0 Å². The van der Waals surface area contributed by atoms with Gasteiger partial charge in [0.25, 0.3) is 17.4 Å². The lowest BCUT2D eigenvalue weighted by atomic mass is 10.1. The quantitative estimate of drug-likeness (QED) is 0.630. The summed E-state index contributed by atoms with van der Waals surface area (Å²) in [7, 11) is 0. The molecule has 0 radical (unpaired) electrons. The van der Waals surface area contributed by atoms with Crippen LogP contribution < -0.4 is 16.4 Å². The summed E-state index contributed by atoms with van der Waals surface area (Å²) in [6.45, 7) is 8.32. The minimum atomic E-state index is -0.573. The number of fused-ring (bicyclic) bond motifs is 1. The zero-order chi connectivity index (χ0) is 21.1. The minimum absolute atomic E-state index is 0.0951. The highest BCUT2D eigenvalue weighted by atomic mass is 32.1. The van der Waals surface area contributed by atoms with Crippen molar-refractivity contribution in [3.05, 3.63) is 61.7 Å². The van der Waals surface area contributed by atoms with Crippen LogP contribution in [0.2, 0.25) is 0 Å². The van der Waals surface area contributed by atoms with Crippen LogP contribution in [0, 0.1) is 12.8 Å². The summed E-state index contributed by atoms with van der Waals surface area (Å²) < 4.78 is 1.31. The third kappa shape index (κ3) is 4.37. The number of thiophene rings is 1. The average Bonchev–Trinajstić information content (AvgIpc) is 3.08. The fraction of sp³-hybridized carbons (Fsp3) is 0.333. The molecule has 0 fully saturated rings. The summed E-state index contributed by atoms with van der Waals surface area (Å²) in [5.74, 6) is -0.770. The molecule has 8 heteroatoms. The molecule has 2 N–H and O–H groups in total. The van der Waals surface area contributed by atoms with Crippen LogP contribution in [0.5, 0.6) is 0 Å². The first-order valence-corrected chi connectivity index (χ1v) is 10.3. The molecule has 0 aliphatic rings. The van der Waals surface area contributed by atoms with E-state index in [0.29, 0.717) is 22.2 Å². The Bertz CT molecular complexity index is 1130. The molecule has 1 aromatic carbocycles. The van der Waals surface area contributed by atoms with E-state index in [2.05, 4.69) is 16.0 Å². The number of rotatable bonds is 5. The maximum absolute atomic E-state index is 12.8. The van der Waals surface area contributed by atoms with Crippen LogP contribution in [0.4, 0.5) is 0 Å². The van der Waals surface area contributed by atoms with Crippen LogP contribution in [-0.4, -0.2) is 21.6 Å². The van der Waals surface area contributed by atoms with Gasteiger partial charge in [0.2, 0.25) is 0 Å². The third-order valence-corrected chi connectivity index (χ3v) is 5.86. The van der Waals surface area contributed by atoms with Crippen molar-refractivity contribution in [1.82, 2.24) is 20.6 Å². The lowest BCUT2D eigenvalue weighted by Gasteiger charge is -2.13. The molecule has 0 saturated carbocycles. The molecular formula is C21H24N4O3S. The molecule has 2 heterocycles. The molecule has 0 spiro atoms. The summed E-state index contributed by atoms with van der Waals surface area (Å²) in [4.78, 5) is 39.5. The van der Waals surface area contributed by atoms with Crippen molar-refractivity contribution in [2.24, 2.45) is 5.92 Å². The Labute approximate surface area is 172 Å². The summed E-state index contributed by atoms with van der Waals surface area (Å²) in [6, 6.07) is 8.65. The number of aryl methyl sites for hydroxylation is 2. The van der Waals surface area contributed by atoms with Crippen molar-refractivity contribution < 1.29 is 9.59 Å².